The highest BCUT2D eigenvalue weighted by atomic mass is 35.5. The molecule has 0 aromatic heterocycles. The molecule has 0 nitrogen and oxygen atoms in total. The fourth-order valence-corrected chi connectivity index (χ4v) is 2.12. The van der Waals surface area contributed by atoms with Crippen LogP contribution in [0.15, 0.2) is 6.07 Å². The van der Waals surface area contributed by atoms with Gasteiger partial charge < -0.3 is 0 Å². The molecule has 1 aromatic carbocycles. The molecule has 1 rings (SSSR count). The SMILES string of the molecule is Cc1c(Cl)c(Cl)cc(Cl)c1CCl. The molecular weight excluding hydrogens is 238 g/mol. The first-order chi connectivity index (χ1) is 5.57. The summed E-state index contributed by atoms with van der Waals surface area (Å²) < 4.78 is 0. The second kappa shape index (κ2) is 4.06. The van der Waals surface area contributed by atoms with Crippen LogP contribution in [0.3, 0.4) is 0 Å². The van der Waals surface area contributed by atoms with Crippen LogP contribution in [-0.2, 0) is 5.88 Å². The molecule has 0 radical (unpaired) electrons. The predicted molar refractivity (Wildman–Crippen MR) is 55.8 cm³/mol. The Morgan fingerprint density at radius 1 is 1.17 bits per heavy atom. The molecular formula is C8H6Cl4. The molecule has 0 bridgehead atoms. The fourth-order valence-electron chi connectivity index (χ4n) is 0.917. The Morgan fingerprint density at radius 3 is 2.25 bits per heavy atom. The van der Waals surface area contributed by atoms with Gasteiger partial charge in [0.25, 0.3) is 0 Å². The van der Waals surface area contributed by atoms with Crippen molar-refractivity contribution in [3.63, 3.8) is 0 Å². The summed E-state index contributed by atoms with van der Waals surface area (Å²) in [4.78, 5) is 0. The van der Waals surface area contributed by atoms with Gasteiger partial charge in [-0.3, -0.25) is 0 Å². The lowest BCUT2D eigenvalue weighted by Crippen LogP contribution is -1.88. The van der Waals surface area contributed by atoms with Crippen molar-refractivity contribution in [1.29, 1.82) is 0 Å². The first kappa shape index (κ1) is 10.5. The fraction of sp³-hybridized carbons (Fsp3) is 0.250. The van der Waals surface area contributed by atoms with Gasteiger partial charge in [0.1, 0.15) is 0 Å². The first-order valence-corrected chi connectivity index (χ1v) is 4.93. The topological polar surface area (TPSA) is 0 Å². The molecule has 0 N–H and O–H groups in total. The van der Waals surface area contributed by atoms with E-state index in [-0.39, 0.29) is 0 Å². The maximum Gasteiger partial charge on any atom is 0.0625 e. The van der Waals surface area contributed by atoms with Crippen LogP contribution in [0.5, 0.6) is 0 Å². The van der Waals surface area contributed by atoms with Gasteiger partial charge in [-0.2, -0.15) is 0 Å². The molecule has 0 fully saturated rings. The summed E-state index contributed by atoms with van der Waals surface area (Å²) in [5, 5.41) is 1.56. The lowest BCUT2D eigenvalue weighted by molar-refractivity contribution is 1.30. The standard InChI is InChI=1S/C8H6Cl4/c1-4-5(3-9)6(10)2-7(11)8(4)12/h2H,3H2,1H3. The highest BCUT2D eigenvalue weighted by Gasteiger charge is 2.10. The van der Waals surface area contributed by atoms with Gasteiger partial charge in [-0.15, -0.1) is 11.6 Å². The van der Waals surface area contributed by atoms with Crippen LogP contribution in [0.1, 0.15) is 11.1 Å². The van der Waals surface area contributed by atoms with Crippen LogP contribution >= 0.6 is 46.4 Å². The quantitative estimate of drug-likeness (QED) is 0.496. The third kappa shape index (κ3) is 1.82. The Labute approximate surface area is 91.4 Å². The number of hydrogen-bond acceptors (Lipinski definition) is 0. The predicted octanol–water partition coefficient (Wildman–Crippen LogP) is 4.69. The van der Waals surface area contributed by atoms with Crippen molar-refractivity contribution in [3.8, 4) is 0 Å². The zero-order valence-corrected chi connectivity index (χ0v) is 9.32. The van der Waals surface area contributed by atoms with Gasteiger partial charge in [-0.05, 0) is 24.1 Å². The van der Waals surface area contributed by atoms with Crippen LogP contribution < -0.4 is 0 Å². The number of halogens is 4. The van der Waals surface area contributed by atoms with E-state index in [0.29, 0.717) is 20.9 Å². The molecule has 0 heterocycles. The monoisotopic (exact) mass is 242 g/mol. The normalized spacial score (nSPS) is 10.4. The van der Waals surface area contributed by atoms with Crippen molar-refractivity contribution in [2.45, 2.75) is 12.8 Å². The number of benzene rings is 1. The van der Waals surface area contributed by atoms with Crippen molar-refractivity contribution in [2.24, 2.45) is 0 Å². The summed E-state index contributed by atoms with van der Waals surface area (Å²) in [6.07, 6.45) is 0. The van der Waals surface area contributed by atoms with E-state index < -0.39 is 0 Å². The van der Waals surface area contributed by atoms with Crippen molar-refractivity contribution in [1.82, 2.24) is 0 Å². The van der Waals surface area contributed by atoms with Gasteiger partial charge in [0.2, 0.25) is 0 Å². The van der Waals surface area contributed by atoms with Crippen molar-refractivity contribution >= 4 is 46.4 Å². The van der Waals surface area contributed by atoms with E-state index in [1.807, 2.05) is 6.92 Å². The molecule has 0 amide bonds. The van der Waals surface area contributed by atoms with E-state index in [2.05, 4.69) is 0 Å². The van der Waals surface area contributed by atoms with E-state index in [0.717, 1.165) is 11.1 Å². The minimum atomic E-state index is 0.349. The molecule has 0 spiro atoms. The van der Waals surface area contributed by atoms with E-state index in [4.69, 9.17) is 46.4 Å². The first-order valence-electron chi connectivity index (χ1n) is 3.27. The van der Waals surface area contributed by atoms with Gasteiger partial charge >= 0.3 is 0 Å². The van der Waals surface area contributed by atoms with E-state index in [1.54, 1.807) is 6.07 Å². The number of hydrogen-bond donors (Lipinski definition) is 0. The molecule has 0 aliphatic rings. The zero-order chi connectivity index (χ0) is 9.30. The van der Waals surface area contributed by atoms with Crippen LogP contribution in [-0.4, -0.2) is 0 Å². The Kier molecular flexibility index (Phi) is 3.54. The molecule has 0 atom stereocenters. The summed E-state index contributed by atoms with van der Waals surface area (Å²) in [7, 11) is 0. The minimum absolute atomic E-state index is 0.349. The van der Waals surface area contributed by atoms with Crippen molar-refractivity contribution in [3.05, 3.63) is 32.3 Å². The van der Waals surface area contributed by atoms with Crippen LogP contribution in [0.4, 0.5) is 0 Å². The average Bonchev–Trinajstić information content (AvgIpc) is 2.01. The second-order valence-electron chi connectivity index (χ2n) is 2.39. The smallest absolute Gasteiger partial charge is 0.0625 e. The maximum absolute atomic E-state index is 5.88. The van der Waals surface area contributed by atoms with Gasteiger partial charge in [-0.25, -0.2) is 0 Å². The van der Waals surface area contributed by atoms with Crippen LogP contribution in [0.25, 0.3) is 0 Å². The van der Waals surface area contributed by atoms with Gasteiger partial charge in [0.05, 0.1) is 10.0 Å². The summed E-state index contributed by atoms with van der Waals surface area (Å²) >= 11 is 23.2. The van der Waals surface area contributed by atoms with Crippen molar-refractivity contribution < 1.29 is 0 Å². The highest BCUT2D eigenvalue weighted by Crippen LogP contribution is 2.33. The summed E-state index contributed by atoms with van der Waals surface area (Å²) in [6.45, 7) is 1.85. The molecule has 0 unspecified atom stereocenters. The summed E-state index contributed by atoms with van der Waals surface area (Å²) in [5.74, 6) is 0.349. The lowest BCUT2D eigenvalue weighted by Gasteiger charge is -2.08. The van der Waals surface area contributed by atoms with Gasteiger partial charge in [0, 0.05) is 10.9 Å². The number of rotatable bonds is 1. The Morgan fingerprint density at radius 2 is 1.75 bits per heavy atom. The van der Waals surface area contributed by atoms with E-state index in [9.17, 15) is 0 Å². The second-order valence-corrected chi connectivity index (χ2v) is 3.85. The zero-order valence-electron chi connectivity index (χ0n) is 6.30. The minimum Gasteiger partial charge on any atom is -0.121 e. The van der Waals surface area contributed by atoms with E-state index in [1.165, 1.54) is 0 Å². The number of alkyl halides is 1. The third-order valence-electron chi connectivity index (χ3n) is 1.67. The van der Waals surface area contributed by atoms with Gasteiger partial charge in [0.15, 0.2) is 0 Å². The molecule has 0 saturated heterocycles. The molecule has 66 valence electrons. The van der Waals surface area contributed by atoms with Crippen molar-refractivity contribution in [2.75, 3.05) is 0 Å². The average molecular weight is 244 g/mol. The van der Waals surface area contributed by atoms with Gasteiger partial charge in [-0.1, -0.05) is 34.8 Å². The van der Waals surface area contributed by atoms with Crippen LogP contribution in [0, 0.1) is 6.92 Å². The Balaban J connectivity index is 3.40. The molecule has 12 heavy (non-hydrogen) atoms. The molecule has 4 heteroatoms. The van der Waals surface area contributed by atoms with Crippen LogP contribution in [0.2, 0.25) is 15.1 Å². The maximum atomic E-state index is 5.88. The molecule has 0 aliphatic carbocycles. The van der Waals surface area contributed by atoms with E-state index >= 15 is 0 Å². The summed E-state index contributed by atoms with van der Waals surface area (Å²) in [5.41, 5.74) is 1.69. The Bertz CT molecular complexity index is 306. The molecule has 0 aliphatic heterocycles. The highest BCUT2D eigenvalue weighted by molar-refractivity contribution is 6.44. The largest absolute Gasteiger partial charge is 0.121 e. The summed E-state index contributed by atoms with van der Waals surface area (Å²) in [6, 6.07) is 1.61. The molecule has 0 saturated carbocycles. The lowest BCUT2D eigenvalue weighted by atomic mass is 10.1. The Hall–Kier alpha value is 0.380. The molecule has 1 aromatic rings. The third-order valence-corrected chi connectivity index (χ3v) is 3.15.